The molecule has 0 N–H and O–H groups in total. The molecule has 0 amide bonds. The zero-order valence-electron chi connectivity index (χ0n) is 5.54. The highest BCUT2D eigenvalue weighted by Crippen LogP contribution is 1.66. The first kappa shape index (κ1) is 11.3. The van der Waals surface area contributed by atoms with Gasteiger partial charge < -0.3 is 0 Å². The van der Waals surface area contributed by atoms with Gasteiger partial charge in [0.25, 0.3) is 0 Å². The summed E-state index contributed by atoms with van der Waals surface area (Å²) in [5.41, 5.74) is 0. The van der Waals surface area contributed by atoms with Crippen LogP contribution in [-0.2, 0) is 9.59 Å². The molecular formula is C6H8N2O2. The quantitative estimate of drug-likeness (QED) is 0.247. The van der Waals surface area contributed by atoms with Crippen LogP contribution in [0.4, 0.5) is 0 Å². The Morgan fingerprint density at radius 2 is 1.30 bits per heavy atom. The minimum Gasteiger partial charge on any atom is -0.211 e. The van der Waals surface area contributed by atoms with Crippen LogP contribution in [0.5, 0.6) is 0 Å². The third-order valence-electron chi connectivity index (χ3n) is 0.453. The fourth-order valence-electron chi connectivity index (χ4n) is 0.191. The average Bonchev–Trinajstić information content (AvgIpc) is 2.02. The standard InChI is InChI=1S/C4H4N2O2.C2H4/c7-3-5-1-2-6-4-8;1-2/h1-2H2;1-2H2. The van der Waals surface area contributed by atoms with Gasteiger partial charge >= 0.3 is 0 Å². The predicted octanol–water partition coefficient (Wildman–Crippen LogP) is 0.460. The second-order valence-electron chi connectivity index (χ2n) is 0.946. The Hall–Kier alpha value is -1.50. The van der Waals surface area contributed by atoms with Crippen molar-refractivity contribution in [2.45, 2.75) is 0 Å². The van der Waals surface area contributed by atoms with Gasteiger partial charge in [0.05, 0.1) is 13.1 Å². The number of carbonyl (C=O) groups excluding carboxylic acids is 2. The molecule has 0 aliphatic rings. The Balaban J connectivity index is 0. The number of hydrogen-bond donors (Lipinski definition) is 0. The van der Waals surface area contributed by atoms with Crippen molar-refractivity contribution in [3.8, 4) is 0 Å². The SMILES string of the molecule is C=C.O=C=NCCN=C=O. The van der Waals surface area contributed by atoms with E-state index in [2.05, 4.69) is 23.1 Å². The van der Waals surface area contributed by atoms with E-state index >= 15 is 0 Å². The minimum atomic E-state index is 0.221. The Bertz CT molecular complexity index is 137. The Kier molecular flexibility index (Phi) is 17.7. The fourth-order valence-corrected chi connectivity index (χ4v) is 0.191. The van der Waals surface area contributed by atoms with E-state index < -0.39 is 0 Å². The highest BCUT2D eigenvalue weighted by atomic mass is 16.1. The first-order valence-electron chi connectivity index (χ1n) is 2.49. The van der Waals surface area contributed by atoms with Crippen molar-refractivity contribution in [2.75, 3.05) is 13.1 Å². The minimum absolute atomic E-state index is 0.221. The van der Waals surface area contributed by atoms with Crippen molar-refractivity contribution >= 4 is 12.2 Å². The second-order valence-corrected chi connectivity index (χ2v) is 0.946. The van der Waals surface area contributed by atoms with E-state index in [1.807, 2.05) is 0 Å². The molecule has 0 aromatic carbocycles. The average molecular weight is 140 g/mol. The first-order chi connectivity index (χ1) is 4.91. The summed E-state index contributed by atoms with van der Waals surface area (Å²) in [5.74, 6) is 0. The molecule has 4 heteroatoms. The van der Waals surface area contributed by atoms with Crippen molar-refractivity contribution in [3.63, 3.8) is 0 Å². The number of rotatable bonds is 3. The van der Waals surface area contributed by atoms with Crippen LogP contribution in [0.3, 0.4) is 0 Å². The van der Waals surface area contributed by atoms with E-state index in [4.69, 9.17) is 0 Å². The van der Waals surface area contributed by atoms with Crippen LogP contribution in [0, 0.1) is 0 Å². The van der Waals surface area contributed by atoms with Gasteiger partial charge in [0.15, 0.2) is 0 Å². The van der Waals surface area contributed by atoms with Crippen LogP contribution in [0.15, 0.2) is 23.1 Å². The van der Waals surface area contributed by atoms with Gasteiger partial charge in [-0.25, -0.2) is 19.6 Å². The Morgan fingerprint density at radius 1 is 1.00 bits per heavy atom. The van der Waals surface area contributed by atoms with Gasteiger partial charge in [0.1, 0.15) is 0 Å². The van der Waals surface area contributed by atoms with Crippen LogP contribution < -0.4 is 0 Å². The zero-order chi connectivity index (χ0) is 8.24. The third kappa shape index (κ3) is 16.1. The molecule has 0 aliphatic carbocycles. The molecule has 0 rings (SSSR count). The monoisotopic (exact) mass is 140 g/mol. The zero-order valence-corrected chi connectivity index (χ0v) is 5.54. The molecule has 54 valence electrons. The van der Waals surface area contributed by atoms with Crippen LogP contribution in [0.1, 0.15) is 0 Å². The normalized spacial score (nSPS) is 5.60. The number of nitrogens with zero attached hydrogens (tertiary/aromatic N) is 2. The van der Waals surface area contributed by atoms with Gasteiger partial charge in [0, 0.05) is 0 Å². The Labute approximate surface area is 59.0 Å². The highest BCUT2D eigenvalue weighted by Gasteiger charge is 1.73. The molecule has 0 radical (unpaired) electrons. The summed E-state index contributed by atoms with van der Waals surface area (Å²) in [7, 11) is 0. The molecule has 0 spiro atoms. The Morgan fingerprint density at radius 3 is 1.50 bits per heavy atom. The summed E-state index contributed by atoms with van der Waals surface area (Å²) in [6.45, 7) is 6.44. The lowest BCUT2D eigenvalue weighted by Crippen LogP contribution is -1.82. The molecule has 10 heavy (non-hydrogen) atoms. The fraction of sp³-hybridized carbons (Fsp3) is 0.333. The maximum atomic E-state index is 9.34. The third-order valence-corrected chi connectivity index (χ3v) is 0.453. The topological polar surface area (TPSA) is 58.9 Å². The van der Waals surface area contributed by atoms with Crippen molar-refractivity contribution in [3.05, 3.63) is 13.2 Å². The lowest BCUT2D eigenvalue weighted by molar-refractivity contribution is 0.560. The van der Waals surface area contributed by atoms with Gasteiger partial charge in [-0.2, -0.15) is 0 Å². The molecule has 0 atom stereocenters. The molecule has 0 unspecified atom stereocenters. The predicted molar refractivity (Wildman–Crippen MR) is 37.2 cm³/mol. The molecule has 0 aliphatic heterocycles. The molecule has 4 nitrogen and oxygen atoms in total. The summed E-state index contributed by atoms with van der Waals surface area (Å²) in [6, 6.07) is 0. The van der Waals surface area contributed by atoms with Gasteiger partial charge in [-0.3, -0.25) is 0 Å². The van der Waals surface area contributed by atoms with Crippen LogP contribution in [0.2, 0.25) is 0 Å². The largest absolute Gasteiger partial charge is 0.235 e. The van der Waals surface area contributed by atoms with Gasteiger partial charge in [-0.15, -0.1) is 13.2 Å². The van der Waals surface area contributed by atoms with Crippen molar-refractivity contribution in [2.24, 2.45) is 9.98 Å². The summed E-state index contributed by atoms with van der Waals surface area (Å²) < 4.78 is 0. The second kappa shape index (κ2) is 15.6. The van der Waals surface area contributed by atoms with E-state index in [9.17, 15) is 9.59 Å². The maximum Gasteiger partial charge on any atom is 0.235 e. The van der Waals surface area contributed by atoms with Crippen molar-refractivity contribution in [1.82, 2.24) is 0 Å². The lowest BCUT2D eigenvalue weighted by Gasteiger charge is -1.74. The number of aliphatic imine (C=N–C) groups is 2. The molecule has 0 heterocycles. The van der Waals surface area contributed by atoms with Gasteiger partial charge in [-0.1, -0.05) is 0 Å². The maximum absolute atomic E-state index is 9.34. The number of isocyanates is 2. The van der Waals surface area contributed by atoms with Crippen molar-refractivity contribution < 1.29 is 9.59 Å². The lowest BCUT2D eigenvalue weighted by atomic mass is 10.7. The van der Waals surface area contributed by atoms with E-state index in [0.29, 0.717) is 0 Å². The molecule has 0 saturated heterocycles. The summed E-state index contributed by atoms with van der Waals surface area (Å²) >= 11 is 0. The first-order valence-corrected chi connectivity index (χ1v) is 2.49. The molecule has 0 saturated carbocycles. The van der Waals surface area contributed by atoms with Crippen LogP contribution >= 0.6 is 0 Å². The van der Waals surface area contributed by atoms with E-state index in [1.54, 1.807) is 0 Å². The van der Waals surface area contributed by atoms with Gasteiger partial charge in [0.2, 0.25) is 12.2 Å². The molecule has 0 aromatic rings. The van der Waals surface area contributed by atoms with Crippen LogP contribution in [0.25, 0.3) is 0 Å². The highest BCUT2D eigenvalue weighted by molar-refractivity contribution is 5.34. The van der Waals surface area contributed by atoms with Crippen molar-refractivity contribution in [1.29, 1.82) is 0 Å². The van der Waals surface area contributed by atoms with E-state index in [0.717, 1.165) is 0 Å². The molecule has 0 bridgehead atoms. The summed E-state index contributed by atoms with van der Waals surface area (Å²) in [4.78, 5) is 24.9. The molecular weight excluding hydrogens is 132 g/mol. The molecule has 0 fully saturated rings. The van der Waals surface area contributed by atoms with Crippen LogP contribution in [-0.4, -0.2) is 25.2 Å². The summed E-state index contributed by atoms with van der Waals surface area (Å²) in [5, 5.41) is 0. The van der Waals surface area contributed by atoms with E-state index in [1.165, 1.54) is 12.2 Å². The van der Waals surface area contributed by atoms with Gasteiger partial charge in [-0.05, 0) is 0 Å². The molecule has 0 aromatic heterocycles. The van der Waals surface area contributed by atoms with E-state index in [-0.39, 0.29) is 13.1 Å². The summed E-state index contributed by atoms with van der Waals surface area (Å²) in [6.07, 6.45) is 2.62. The number of hydrogen-bond acceptors (Lipinski definition) is 4. The smallest absolute Gasteiger partial charge is 0.211 e.